The summed E-state index contributed by atoms with van der Waals surface area (Å²) in [6.45, 7) is 2.68. The molecule has 3 aromatic rings. The van der Waals surface area contributed by atoms with Crippen LogP contribution in [0.3, 0.4) is 0 Å². The highest BCUT2D eigenvalue weighted by Gasteiger charge is 2.50. The molecule has 310 valence electrons. The molecule has 0 radical (unpaired) electrons. The number of hydrogen-bond acceptors (Lipinski definition) is 10. The molecule has 15 heteroatoms. The van der Waals surface area contributed by atoms with E-state index in [1.54, 1.807) is 67.6 Å². The molecular formula is C42H57N4O9PS. The summed E-state index contributed by atoms with van der Waals surface area (Å²) in [5.41, 5.74) is 3.34. The Morgan fingerprint density at radius 3 is 2.11 bits per heavy atom. The largest absolute Gasteiger partial charge is 0.452 e. The number of carbonyl (C=O) groups is 3. The quantitative estimate of drug-likeness (QED) is 0.0805. The lowest BCUT2D eigenvalue weighted by Gasteiger charge is -2.36. The van der Waals surface area contributed by atoms with Gasteiger partial charge in [-0.3, -0.25) is 14.4 Å². The zero-order valence-electron chi connectivity index (χ0n) is 33.8. The van der Waals surface area contributed by atoms with Gasteiger partial charge >= 0.3 is 7.60 Å². The number of rotatable bonds is 22. The molecule has 3 aromatic carbocycles. The van der Waals surface area contributed by atoms with E-state index in [0.29, 0.717) is 50.4 Å². The first kappa shape index (κ1) is 42.4. The number of hydrogen-bond donors (Lipinski definition) is 3. The van der Waals surface area contributed by atoms with Crippen LogP contribution in [0.5, 0.6) is 11.5 Å². The van der Waals surface area contributed by atoms with E-state index in [4.69, 9.17) is 15.2 Å². The molecular weight excluding hydrogens is 768 g/mol. The Hall–Kier alpha value is -4.23. The molecule has 6 atom stereocenters. The number of nitrogens with two attached hydrogens (primary N) is 1. The van der Waals surface area contributed by atoms with E-state index in [1.165, 1.54) is 4.90 Å². The van der Waals surface area contributed by atoms with Crippen LogP contribution in [0.15, 0.2) is 91.0 Å². The molecule has 0 aromatic heterocycles. The van der Waals surface area contributed by atoms with Gasteiger partial charge in [-0.05, 0) is 87.1 Å². The fourth-order valence-electron chi connectivity index (χ4n) is 7.57. The fraction of sp³-hybridized carbons (Fsp3) is 0.500. The van der Waals surface area contributed by atoms with Crippen molar-refractivity contribution in [2.24, 2.45) is 11.6 Å². The molecule has 5 rings (SSSR count). The third kappa shape index (κ3) is 12.9. The molecule has 4 N–H and O–H groups in total. The van der Waals surface area contributed by atoms with E-state index in [9.17, 15) is 27.4 Å². The first-order valence-electron chi connectivity index (χ1n) is 20.4. The standard InChI is InChI=1S/C42H57N4O9PS/c1-3-39(56(50,54-33-20-9-5-10-21-33)55-34-22-11-6-12-23-34)45-41(48)38-29-32-19-13-14-25-37(32)46(38)42(49)36(26-28-57(2,51)52)44-40(47)35(43)24-15-16-27-53-30-31-17-7-4-8-18-31/h4-12,17-18,20-23,32,35-39H,3,13-16,19,24-30,43H2,1-2H3,(H,44,47)(H,45,48)/t32?,35-,36-,37?,38-,39?/m0/s1/i/hD. The number of carbonyl (C=O) groups excluding carboxylic acids is 3. The van der Waals surface area contributed by atoms with Crippen LogP contribution in [0, 0.1) is 5.92 Å². The van der Waals surface area contributed by atoms with Crippen molar-refractivity contribution in [2.45, 2.75) is 108 Å². The Kier molecular flexibility index (Phi) is 15.6. The third-order valence-electron chi connectivity index (χ3n) is 10.5. The number of nitrogens with zero attached hydrogens (tertiary/aromatic N) is 1. The number of unbranched alkanes of at least 4 members (excludes halogenated alkanes) is 1. The van der Waals surface area contributed by atoms with Crippen LogP contribution < -0.4 is 25.4 Å². The fourth-order valence-corrected chi connectivity index (χ4v) is 10.1. The van der Waals surface area contributed by atoms with Crippen molar-refractivity contribution in [1.82, 2.24) is 15.5 Å². The topological polar surface area (TPSA) is 183 Å². The smallest absolute Gasteiger partial charge is 0.415 e. The molecule has 3 amide bonds. The molecule has 1 aliphatic carbocycles. The summed E-state index contributed by atoms with van der Waals surface area (Å²) in [5, 5.41) is 5.67. The van der Waals surface area contributed by atoms with Crippen molar-refractivity contribution >= 4 is 35.2 Å². The summed E-state index contributed by atoms with van der Waals surface area (Å²) >= 11 is 0. The van der Waals surface area contributed by atoms with Crippen LogP contribution in [-0.2, 0) is 40.1 Å². The Morgan fingerprint density at radius 1 is 0.895 bits per heavy atom. The summed E-state index contributed by atoms with van der Waals surface area (Å²) in [4.78, 5) is 44.3. The van der Waals surface area contributed by atoms with E-state index in [2.05, 4.69) is 16.4 Å². The number of ether oxygens (including phenoxy) is 1. The van der Waals surface area contributed by atoms with Crippen LogP contribution in [-0.4, -0.2) is 79.6 Å². The van der Waals surface area contributed by atoms with Crippen LogP contribution in [0.25, 0.3) is 0 Å². The highest BCUT2D eigenvalue weighted by molar-refractivity contribution is 7.90. The highest BCUT2D eigenvalue weighted by Crippen LogP contribution is 2.53. The summed E-state index contributed by atoms with van der Waals surface area (Å²) in [5.74, 6) is -2.63. The van der Waals surface area contributed by atoms with Crippen molar-refractivity contribution in [3.8, 4) is 11.5 Å². The van der Waals surface area contributed by atoms with Gasteiger partial charge in [-0.15, -0.1) is 0 Å². The monoisotopic (exact) mass is 825 g/mol. The summed E-state index contributed by atoms with van der Waals surface area (Å²) in [7, 11) is -7.70. The van der Waals surface area contributed by atoms with Crippen molar-refractivity contribution in [3.05, 3.63) is 96.6 Å². The van der Waals surface area contributed by atoms with Gasteiger partial charge < -0.3 is 35.0 Å². The minimum Gasteiger partial charge on any atom is -0.415 e. The van der Waals surface area contributed by atoms with E-state index in [1.807, 2.05) is 30.3 Å². The van der Waals surface area contributed by atoms with Crippen LogP contribution in [0.4, 0.5) is 0 Å². The van der Waals surface area contributed by atoms with E-state index in [0.717, 1.165) is 31.1 Å². The van der Waals surface area contributed by atoms with Gasteiger partial charge in [0.1, 0.15) is 34.8 Å². The first-order valence-corrected chi connectivity index (χ1v) is 23.6. The normalized spacial score (nSPS) is 20.0. The maximum Gasteiger partial charge on any atom is 0.452 e. The van der Waals surface area contributed by atoms with Gasteiger partial charge in [0.25, 0.3) is 0 Å². The van der Waals surface area contributed by atoms with Crippen LogP contribution >= 0.6 is 7.60 Å². The second-order valence-electron chi connectivity index (χ2n) is 15.0. The molecule has 1 aliphatic heterocycles. The number of fused-ring (bicyclic) bond motifs is 1. The lowest BCUT2D eigenvalue weighted by Crippen LogP contribution is -2.58. The molecule has 13 nitrogen and oxygen atoms in total. The number of sulfone groups is 1. The van der Waals surface area contributed by atoms with E-state index < -0.39 is 59.1 Å². The van der Waals surface area contributed by atoms with Crippen molar-refractivity contribution in [2.75, 3.05) is 18.6 Å². The molecule has 1 saturated heterocycles. The maximum atomic E-state index is 14.7. The highest BCUT2D eigenvalue weighted by atomic mass is 32.2. The number of likely N-dealkylation sites (tertiary alicyclic amines) is 1. The first-order chi connectivity index (χ1) is 27.9. The second kappa shape index (κ2) is 21.0. The number of para-hydroxylation sites is 2. The zero-order chi connectivity index (χ0) is 41.5. The van der Waals surface area contributed by atoms with E-state index in [-0.39, 0.29) is 37.0 Å². The molecule has 3 unspecified atom stereocenters. The van der Waals surface area contributed by atoms with Gasteiger partial charge in [-0.25, -0.2) is 13.0 Å². The third-order valence-corrected chi connectivity index (χ3v) is 13.7. The molecule has 2 aliphatic rings. The Balaban J connectivity index is 1.32. The summed E-state index contributed by atoms with van der Waals surface area (Å²) in [6, 6.07) is 23.3. The average Bonchev–Trinajstić information content (AvgIpc) is 3.61. The van der Waals surface area contributed by atoms with Gasteiger partial charge in [0, 0.05) is 18.9 Å². The van der Waals surface area contributed by atoms with Crippen LogP contribution in [0.1, 0.15) is 76.7 Å². The number of amides is 3. The van der Waals surface area contributed by atoms with Crippen molar-refractivity contribution in [1.29, 1.82) is 0 Å². The van der Waals surface area contributed by atoms with Crippen molar-refractivity contribution < 1.29 is 42.6 Å². The lowest BCUT2D eigenvalue weighted by molar-refractivity contribution is -0.144. The summed E-state index contributed by atoms with van der Waals surface area (Å²) < 4.78 is 65.2. The second-order valence-corrected chi connectivity index (χ2v) is 19.3. The van der Waals surface area contributed by atoms with Crippen LogP contribution in [0.2, 0.25) is 1.41 Å². The summed E-state index contributed by atoms with van der Waals surface area (Å²) in [6.07, 6.45) is 6.04. The van der Waals surface area contributed by atoms with Gasteiger partial charge in [0.05, 0.1) is 18.4 Å². The van der Waals surface area contributed by atoms with Gasteiger partial charge in [0.15, 0.2) is 5.78 Å². The molecule has 1 saturated carbocycles. The molecule has 0 bridgehead atoms. The Labute approximate surface area is 338 Å². The molecule has 2 fully saturated rings. The maximum absolute atomic E-state index is 14.7. The van der Waals surface area contributed by atoms with Gasteiger partial charge in [0.2, 0.25) is 17.7 Å². The minimum absolute atomic E-state index is 0.000468. The van der Waals surface area contributed by atoms with E-state index >= 15 is 0 Å². The molecule has 57 heavy (non-hydrogen) atoms. The zero-order valence-corrected chi connectivity index (χ0v) is 34.5. The number of nitrogens with one attached hydrogen (secondary N) is 2. The molecule has 0 spiro atoms. The van der Waals surface area contributed by atoms with Gasteiger partial charge in [-0.2, -0.15) is 0 Å². The molecule has 1 heterocycles. The predicted molar refractivity (Wildman–Crippen MR) is 219 cm³/mol. The lowest BCUT2D eigenvalue weighted by atomic mass is 9.84. The SMILES string of the molecule is [2H]N[C@@H](CCCCOCc1ccccc1)C(=O)N[C@@H](CCS(C)(=O)=O)C(=O)N1C2CCCCC2C[C@H]1C(=O)NC(CC)P(=O)(Oc1ccccc1)Oc1ccccc1. The predicted octanol–water partition coefficient (Wildman–Crippen LogP) is 5.98. The van der Waals surface area contributed by atoms with Crippen molar-refractivity contribution in [3.63, 3.8) is 0 Å². The minimum atomic E-state index is -4.15. The van der Waals surface area contributed by atoms with Gasteiger partial charge in [-0.1, -0.05) is 86.5 Å². The number of benzene rings is 3. The Morgan fingerprint density at radius 2 is 1.51 bits per heavy atom. The average molecular weight is 826 g/mol. The Bertz CT molecular complexity index is 1880.